The van der Waals surface area contributed by atoms with E-state index in [1.165, 1.54) is 0 Å². The number of amides is 1. The van der Waals surface area contributed by atoms with E-state index in [-0.39, 0.29) is 12.0 Å². The second kappa shape index (κ2) is 7.17. The van der Waals surface area contributed by atoms with E-state index in [9.17, 15) is 4.79 Å². The number of carbonyl (C=O) groups excluding carboxylic acids is 1. The van der Waals surface area contributed by atoms with E-state index in [0.717, 1.165) is 23.8 Å². The lowest BCUT2D eigenvalue weighted by molar-refractivity contribution is -0.139. The summed E-state index contributed by atoms with van der Waals surface area (Å²) in [5, 5.41) is 0. The van der Waals surface area contributed by atoms with Crippen molar-refractivity contribution in [3.8, 4) is 0 Å². The van der Waals surface area contributed by atoms with Crippen LogP contribution in [0.15, 0.2) is 18.6 Å². The van der Waals surface area contributed by atoms with Gasteiger partial charge in [0.25, 0.3) is 0 Å². The molecule has 0 radical (unpaired) electrons. The molecule has 7 heteroatoms. The van der Waals surface area contributed by atoms with Crippen molar-refractivity contribution in [2.24, 2.45) is 7.05 Å². The van der Waals surface area contributed by atoms with E-state index >= 15 is 0 Å². The lowest BCUT2D eigenvalue weighted by Gasteiger charge is -2.32. The number of ether oxygens (including phenoxy) is 1. The highest BCUT2D eigenvalue weighted by atomic mass is 16.5. The maximum atomic E-state index is 12.6. The average molecular weight is 331 g/mol. The van der Waals surface area contributed by atoms with Crippen LogP contribution in [-0.2, 0) is 29.5 Å². The molecule has 2 aromatic rings. The molecule has 1 unspecified atom stereocenters. The standard InChI is InChI=1S/C17H25N5O2/c1-4-15-18-6-8-21(15)7-5-16(23)22-9-10-24-14(12-22)17-19-13(2)11-20(17)3/h6,8,11,14H,4-5,7,9-10,12H2,1-3H3. The van der Waals surface area contributed by atoms with Gasteiger partial charge in [0.05, 0.1) is 18.8 Å². The topological polar surface area (TPSA) is 65.2 Å². The summed E-state index contributed by atoms with van der Waals surface area (Å²) in [5.41, 5.74) is 0.965. The highest BCUT2D eigenvalue weighted by molar-refractivity contribution is 5.76. The fourth-order valence-electron chi connectivity index (χ4n) is 3.20. The zero-order chi connectivity index (χ0) is 17.1. The second-order valence-corrected chi connectivity index (χ2v) is 6.19. The normalized spacial score (nSPS) is 18.1. The molecule has 130 valence electrons. The van der Waals surface area contributed by atoms with Crippen molar-refractivity contribution in [1.29, 1.82) is 0 Å². The van der Waals surface area contributed by atoms with Crippen LogP contribution in [0, 0.1) is 6.92 Å². The first-order valence-corrected chi connectivity index (χ1v) is 8.47. The van der Waals surface area contributed by atoms with Gasteiger partial charge in [-0.3, -0.25) is 4.79 Å². The van der Waals surface area contributed by atoms with E-state index in [1.54, 1.807) is 6.20 Å². The molecule has 24 heavy (non-hydrogen) atoms. The van der Waals surface area contributed by atoms with Gasteiger partial charge >= 0.3 is 0 Å². The maximum Gasteiger partial charge on any atom is 0.224 e. The van der Waals surface area contributed by atoms with Crippen molar-refractivity contribution >= 4 is 5.91 Å². The first kappa shape index (κ1) is 16.7. The number of aromatic nitrogens is 4. The van der Waals surface area contributed by atoms with Gasteiger partial charge in [-0.25, -0.2) is 9.97 Å². The number of hydrogen-bond donors (Lipinski definition) is 0. The van der Waals surface area contributed by atoms with Gasteiger partial charge in [0.15, 0.2) is 0 Å². The predicted octanol–water partition coefficient (Wildman–Crippen LogP) is 1.48. The number of nitrogens with zero attached hydrogens (tertiary/aromatic N) is 5. The molecule has 3 rings (SSSR count). The predicted molar refractivity (Wildman–Crippen MR) is 89.4 cm³/mol. The van der Waals surface area contributed by atoms with Crippen LogP contribution in [0.4, 0.5) is 0 Å². The Morgan fingerprint density at radius 2 is 2.29 bits per heavy atom. The van der Waals surface area contributed by atoms with Gasteiger partial charge < -0.3 is 18.8 Å². The molecule has 2 aromatic heterocycles. The summed E-state index contributed by atoms with van der Waals surface area (Å²) in [6.07, 6.45) is 6.91. The molecule has 1 saturated heterocycles. The summed E-state index contributed by atoms with van der Waals surface area (Å²) in [5.74, 6) is 2.06. The van der Waals surface area contributed by atoms with Crippen molar-refractivity contribution in [2.75, 3.05) is 19.7 Å². The van der Waals surface area contributed by atoms with Gasteiger partial charge in [0, 0.05) is 51.6 Å². The Hall–Kier alpha value is -2.15. The fraction of sp³-hybridized carbons (Fsp3) is 0.588. The van der Waals surface area contributed by atoms with Gasteiger partial charge in [-0.15, -0.1) is 0 Å². The van der Waals surface area contributed by atoms with E-state index in [0.29, 0.717) is 32.7 Å². The van der Waals surface area contributed by atoms with Crippen molar-refractivity contribution in [1.82, 2.24) is 24.0 Å². The van der Waals surface area contributed by atoms with Crippen molar-refractivity contribution in [2.45, 2.75) is 39.3 Å². The van der Waals surface area contributed by atoms with Crippen molar-refractivity contribution < 1.29 is 9.53 Å². The third-order valence-corrected chi connectivity index (χ3v) is 4.42. The van der Waals surface area contributed by atoms with E-state index in [1.807, 2.05) is 35.8 Å². The number of imidazole rings is 2. The average Bonchev–Trinajstić information content (AvgIpc) is 3.18. The number of morpholine rings is 1. The molecule has 1 aliphatic heterocycles. The van der Waals surface area contributed by atoms with Crippen LogP contribution >= 0.6 is 0 Å². The van der Waals surface area contributed by atoms with Crippen LogP contribution in [0.25, 0.3) is 0 Å². The van der Waals surface area contributed by atoms with Crippen molar-refractivity contribution in [3.05, 3.63) is 35.9 Å². The molecule has 1 aliphatic rings. The van der Waals surface area contributed by atoms with Crippen LogP contribution in [0.1, 0.15) is 36.8 Å². The highest BCUT2D eigenvalue weighted by Crippen LogP contribution is 2.21. The third kappa shape index (κ3) is 3.51. The highest BCUT2D eigenvalue weighted by Gasteiger charge is 2.28. The first-order chi connectivity index (χ1) is 11.6. The van der Waals surface area contributed by atoms with Gasteiger partial charge in [0.1, 0.15) is 17.8 Å². The summed E-state index contributed by atoms with van der Waals surface area (Å²) in [6, 6.07) is 0. The zero-order valence-corrected chi connectivity index (χ0v) is 14.6. The van der Waals surface area contributed by atoms with Gasteiger partial charge in [0.2, 0.25) is 5.91 Å². The Kier molecular flexibility index (Phi) is 4.99. The molecule has 3 heterocycles. The quantitative estimate of drug-likeness (QED) is 0.832. The molecular formula is C17H25N5O2. The molecule has 0 bridgehead atoms. The molecule has 0 aromatic carbocycles. The summed E-state index contributed by atoms with van der Waals surface area (Å²) >= 11 is 0. The fourth-order valence-corrected chi connectivity index (χ4v) is 3.20. The van der Waals surface area contributed by atoms with Crippen LogP contribution in [0.2, 0.25) is 0 Å². The van der Waals surface area contributed by atoms with Gasteiger partial charge in [-0.2, -0.15) is 0 Å². The molecule has 0 N–H and O–H groups in total. The van der Waals surface area contributed by atoms with Gasteiger partial charge in [-0.05, 0) is 6.92 Å². The molecule has 1 fully saturated rings. The minimum Gasteiger partial charge on any atom is -0.367 e. The number of hydrogen-bond acceptors (Lipinski definition) is 4. The molecular weight excluding hydrogens is 306 g/mol. The number of carbonyl (C=O) groups is 1. The van der Waals surface area contributed by atoms with Crippen LogP contribution in [0.3, 0.4) is 0 Å². The summed E-state index contributed by atoms with van der Waals surface area (Å²) < 4.78 is 9.87. The lowest BCUT2D eigenvalue weighted by atomic mass is 10.2. The minimum absolute atomic E-state index is 0.152. The Labute approximate surface area is 142 Å². The molecule has 7 nitrogen and oxygen atoms in total. The van der Waals surface area contributed by atoms with Crippen LogP contribution in [0.5, 0.6) is 0 Å². The Morgan fingerprint density at radius 3 is 3.00 bits per heavy atom. The summed E-state index contributed by atoms with van der Waals surface area (Å²) in [6.45, 7) is 6.46. The molecule has 0 aliphatic carbocycles. The van der Waals surface area contributed by atoms with Crippen LogP contribution < -0.4 is 0 Å². The van der Waals surface area contributed by atoms with E-state index in [4.69, 9.17) is 4.74 Å². The second-order valence-electron chi connectivity index (χ2n) is 6.19. The van der Waals surface area contributed by atoms with E-state index < -0.39 is 0 Å². The molecule has 1 amide bonds. The lowest BCUT2D eigenvalue weighted by Crippen LogP contribution is -2.43. The minimum atomic E-state index is -0.152. The van der Waals surface area contributed by atoms with Crippen molar-refractivity contribution in [3.63, 3.8) is 0 Å². The number of rotatable bonds is 5. The third-order valence-electron chi connectivity index (χ3n) is 4.42. The molecule has 0 spiro atoms. The first-order valence-electron chi connectivity index (χ1n) is 8.47. The van der Waals surface area contributed by atoms with Gasteiger partial charge in [-0.1, -0.05) is 6.92 Å². The Bertz CT molecular complexity index is 706. The summed E-state index contributed by atoms with van der Waals surface area (Å²) in [4.78, 5) is 23.3. The van der Waals surface area contributed by atoms with E-state index in [2.05, 4.69) is 21.5 Å². The van der Waals surface area contributed by atoms with Crippen LogP contribution in [-0.4, -0.2) is 49.6 Å². The molecule has 1 atom stereocenters. The summed E-state index contributed by atoms with van der Waals surface area (Å²) in [7, 11) is 1.96. The maximum absolute atomic E-state index is 12.6. The smallest absolute Gasteiger partial charge is 0.224 e. The number of aryl methyl sites for hydroxylation is 4. The Balaban J connectivity index is 1.60. The largest absolute Gasteiger partial charge is 0.367 e. The SMILES string of the molecule is CCc1nccn1CCC(=O)N1CCOC(c2nc(C)cn2C)C1. The molecule has 0 saturated carbocycles. The monoisotopic (exact) mass is 331 g/mol. The Morgan fingerprint density at radius 1 is 1.46 bits per heavy atom. The zero-order valence-electron chi connectivity index (χ0n) is 14.6.